The average molecular weight is 709 g/mol. The van der Waals surface area contributed by atoms with Crippen LogP contribution in [0.2, 0.25) is 0 Å². The van der Waals surface area contributed by atoms with Crippen LogP contribution < -0.4 is 9.47 Å². The van der Waals surface area contributed by atoms with E-state index in [0.29, 0.717) is 37.4 Å². The second-order valence-electron chi connectivity index (χ2n) is 13.0. The first kappa shape index (κ1) is 37.7. The van der Waals surface area contributed by atoms with Gasteiger partial charge in [-0.3, -0.25) is 0 Å². The maximum Gasteiger partial charge on any atom is 0.409 e. The van der Waals surface area contributed by atoms with Gasteiger partial charge in [0.05, 0.1) is 25.3 Å². The molecule has 1 aliphatic heterocycles. The van der Waals surface area contributed by atoms with Crippen LogP contribution in [0.25, 0.3) is 0 Å². The van der Waals surface area contributed by atoms with E-state index in [-0.39, 0.29) is 43.5 Å². The lowest BCUT2D eigenvalue weighted by Crippen LogP contribution is -2.69. The van der Waals surface area contributed by atoms with Gasteiger partial charge < -0.3 is 38.9 Å². The summed E-state index contributed by atoms with van der Waals surface area (Å²) in [6.07, 6.45) is 10.7. The molecule has 1 saturated carbocycles. The van der Waals surface area contributed by atoms with Crippen LogP contribution in [0.15, 0.2) is 76.8 Å². The summed E-state index contributed by atoms with van der Waals surface area (Å²) < 4.78 is 25.6. The fourth-order valence-electron chi connectivity index (χ4n) is 7.98. The molecule has 11 heteroatoms. The number of ether oxygens (including phenoxy) is 4. The molecule has 5 rings (SSSR count). The topological polar surface area (TPSA) is 119 Å². The van der Waals surface area contributed by atoms with Gasteiger partial charge in [0.1, 0.15) is 29.9 Å². The molecular weight excluding hydrogens is 657 g/mol. The van der Waals surface area contributed by atoms with E-state index in [1.54, 1.807) is 29.8 Å². The lowest BCUT2D eigenvalue weighted by atomic mass is 9.55. The number of likely N-dealkylation sites (N-methyl/N-ethyl adjacent to an activating group) is 1. The normalized spacial score (nSPS) is 25.8. The van der Waals surface area contributed by atoms with Crippen molar-refractivity contribution in [3.05, 3.63) is 72.3 Å². The summed E-state index contributed by atoms with van der Waals surface area (Å²) in [5.74, 6) is 0.517. The maximum atomic E-state index is 13.2. The predicted octanol–water partition coefficient (Wildman–Crippen LogP) is 7.55. The molecule has 50 heavy (non-hydrogen) atoms. The summed E-state index contributed by atoms with van der Waals surface area (Å²) in [5, 5.41) is 24.2. The lowest BCUT2D eigenvalue weighted by molar-refractivity contribution is -0.253. The van der Waals surface area contributed by atoms with Crippen molar-refractivity contribution in [2.75, 3.05) is 46.8 Å². The van der Waals surface area contributed by atoms with Crippen LogP contribution in [0, 0.1) is 17.8 Å². The zero-order chi connectivity index (χ0) is 35.7. The van der Waals surface area contributed by atoms with Gasteiger partial charge in [0, 0.05) is 43.1 Å². The third kappa shape index (κ3) is 7.86. The summed E-state index contributed by atoms with van der Waals surface area (Å²) in [5.41, 5.74) is 2.73. The van der Waals surface area contributed by atoms with E-state index in [4.69, 9.17) is 23.8 Å². The van der Waals surface area contributed by atoms with Crippen molar-refractivity contribution in [2.24, 2.45) is 22.9 Å². The first-order valence-electron chi connectivity index (χ1n) is 17.7. The van der Waals surface area contributed by atoms with Gasteiger partial charge in [0.15, 0.2) is 0 Å². The van der Waals surface area contributed by atoms with Gasteiger partial charge in [-0.1, -0.05) is 30.1 Å². The van der Waals surface area contributed by atoms with E-state index in [9.17, 15) is 15.0 Å². The minimum atomic E-state index is -1.31. The van der Waals surface area contributed by atoms with E-state index >= 15 is 0 Å². The van der Waals surface area contributed by atoms with Crippen LogP contribution in [-0.4, -0.2) is 85.6 Å². The van der Waals surface area contributed by atoms with Gasteiger partial charge in [-0.05, 0) is 98.7 Å². The average Bonchev–Trinajstić information content (AvgIpc) is 3.14. The summed E-state index contributed by atoms with van der Waals surface area (Å²) in [6, 6.07) is 13.3. The Labute approximate surface area is 300 Å². The molecule has 6 atom stereocenters. The summed E-state index contributed by atoms with van der Waals surface area (Å²) in [7, 11) is 3.07. The lowest BCUT2D eigenvalue weighted by Gasteiger charge is -2.59. The molecular formula is C39H52N2O8S. The third-order valence-corrected chi connectivity index (χ3v) is 10.9. The van der Waals surface area contributed by atoms with Crippen LogP contribution in [0.5, 0.6) is 17.2 Å². The number of carbonyl (C=O) groups excluding carboxylic acids is 1. The highest BCUT2D eigenvalue weighted by molar-refractivity contribution is 7.98. The summed E-state index contributed by atoms with van der Waals surface area (Å²) in [6.45, 7) is 6.68. The first-order valence-corrected chi connectivity index (χ1v) is 18.9. The van der Waals surface area contributed by atoms with Gasteiger partial charge in [-0.25, -0.2) is 4.79 Å². The standard InChI is InChI=1S/C39H52N2O8S/c1-6-22-46-39-35(41(3)38(44)45-4)25-33(40-47-7-2)31-23-26(12-8-10-20-42)30(13-9-11-21-43)36(37(31)39)32-24-28(16-19-34(32)49-39)48-27-14-17-29(50-5)18-15-27/h6,14-19,23-24,26,30,35-37,42-43H,1,7-13,20-22,25H2,2-5H3. The maximum absolute atomic E-state index is 13.2. The molecule has 1 fully saturated rings. The molecule has 0 aromatic heterocycles. The van der Waals surface area contributed by atoms with Crippen molar-refractivity contribution in [2.45, 2.75) is 74.5 Å². The number of carbonyl (C=O) groups is 1. The number of nitrogens with zero attached hydrogens (tertiary/aromatic N) is 2. The Bertz CT molecular complexity index is 1510. The number of amides is 1. The molecule has 0 radical (unpaired) electrons. The van der Waals surface area contributed by atoms with Crippen LogP contribution in [0.3, 0.4) is 0 Å². The second-order valence-corrected chi connectivity index (χ2v) is 13.9. The minimum Gasteiger partial charge on any atom is -0.459 e. The number of fused-ring (bicyclic) bond motifs is 2. The van der Waals surface area contributed by atoms with E-state index in [1.807, 2.05) is 49.6 Å². The third-order valence-electron chi connectivity index (χ3n) is 10.2. The van der Waals surface area contributed by atoms with Crippen LogP contribution in [0.4, 0.5) is 4.79 Å². The molecule has 1 amide bonds. The fraction of sp³-hybridized carbons (Fsp3) is 0.538. The minimum absolute atomic E-state index is 0.119. The Balaban J connectivity index is 1.73. The number of aliphatic hydroxyl groups excluding tert-OH is 2. The molecule has 10 nitrogen and oxygen atoms in total. The van der Waals surface area contributed by atoms with E-state index in [2.05, 4.69) is 23.9 Å². The zero-order valence-electron chi connectivity index (χ0n) is 29.7. The number of methoxy groups -OCH3 is 1. The van der Waals surface area contributed by atoms with Crippen molar-refractivity contribution in [3.8, 4) is 17.2 Å². The summed E-state index contributed by atoms with van der Waals surface area (Å²) >= 11 is 1.68. The number of oxime groups is 1. The fourth-order valence-corrected chi connectivity index (χ4v) is 8.39. The highest BCUT2D eigenvalue weighted by atomic mass is 32.2. The number of unbranched alkanes of at least 4 members (excludes halogenated alkanes) is 2. The highest BCUT2D eigenvalue weighted by Crippen LogP contribution is 2.62. The quantitative estimate of drug-likeness (QED) is 0.0743. The highest BCUT2D eigenvalue weighted by Gasteiger charge is 2.65. The molecule has 3 aliphatic rings. The molecule has 6 unspecified atom stereocenters. The van der Waals surface area contributed by atoms with Crippen molar-refractivity contribution >= 4 is 23.6 Å². The largest absolute Gasteiger partial charge is 0.459 e. The van der Waals surface area contributed by atoms with E-state index in [0.717, 1.165) is 53.2 Å². The van der Waals surface area contributed by atoms with Gasteiger partial charge in [0.2, 0.25) is 5.79 Å². The Morgan fingerprint density at radius 2 is 1.82 bits per heavy atom. The Kier molecular flexibility index (Phi) is 13.3. The number of benzene rings is 2. The second kappa shape index (κ2) is 17.6. The van der Waals surface area contributed by atoms with Crippen molar-refractivity contribution in [3.63, 3.8) is 0 Å². The van der Waals surface area contributed by atoms with Gasteiger partial charge in [-0.2, -0.15) is 0 Å². The number of allylic oxidation sites excluding steroid dienone is 1. The smallest absolute Gasteiger partial charge is 0.409 e. The van der Waals surface area contributed by atoms with Crippen molar-refractivity contribution in [1.82, 2.24) is 4.90 Å². The first-order chi connectivity index (χ1) is 24.3. The number of thioether (sulfide) groups is 1. The Hall–Kier alpha value is -3.51. The molecule has 0 saturated heterocycles. The Morgan fingerprint density at radius 1 is 1.10 bits per heavy atom. The van der Waals surface area contributed by atoms with Crippen molar-refractivity contribution in [1.29, 1.82) is 0 Å². The molecule has 2 aromatic carbocycles. The number of rotatable bonds is 17. The van der Waals surface area contributed by atoms with Crippen molar-refractivity contribution < 1.29 is 38.8 Å². The number of hydrogen-bond donors (Lipinski definition) is 2. The molecule has 0 spiro atoms. The van der Waals surface area contributed by atoms with Crippen LogP contribution in [0.1, 0.15) is 63.4 Å². The van der Waals surface area contributed by atoms with Crippen LogP contribution >= 0.6 is 11.8 Å². The monoisotopic (exact) mass is 708 g/mol. The zero-order valence-corrected chi connectivity index (χ0v) is 30.5. The molecule has 272 valence electrons. The number of hydrogen-bond acceptors (Lipinski definition) is 10. The van der Waals surface area contributed by atoms with E-state index < -0.39 is 17.9 Å². The van der Waals surface area contributed by atoms with Gasteiger partial charge in [-0.15, -0.1) is 18.3 Å². The number of aliphatic hydroxyl groups is 2. The van der Waals surface area contributed by atoms with E-state index in [1.165, 1.54) is 7.11 Å². The molecule has 2 N–H and O–H groups in total. The molecule has 0 bridgehead atoms. The Morgan fingerprint density at radius 3 is 2.48 bits per heavy atom. The van der Waals surface area contributed by atoms with Crippen LogP contribution in [-0.2, 0) is 14.3 Å². The van der Waals surface area contributed by atoms with Gasteiger partial charge >= 0.3 is 6.09 Å². The van der Waals surface area contributed by atoms with Gasteiger partial charge in [0.25, 0.3) is 0 Å². The SMILES string of the molecule is C=CCOC12Oc3ccc(Oc4ccc(SC)cc4)cc3C3C(CCCCO)C(CCCCO)C=C(C(=NOCC)CC1N(C)C(=O)OC)C32. The molecule has 2 aromatic rings. The predicted molar refractivity (Wildman–Crippen MR) is 195 cm³/mol. The molecule has 1 heterocycles. The summed E-state index contributed by atoms with van der Waals surface area (Å²) in [4.78, 5) is 21.7. The molecule has 2 aliphatic carbocycles.